The summed E-state index contributed by atoms with van der Waals surface area (Å²) in [6, 6.07) is 21.5. The van der Waals surface area contributed by atoms with Crippen LogP contribution in [0.25, 0.3) is 5.57 Å². The van der Waals surface area contributed by atoms with Crippen molar-refractivity contribution in [3.8, 4) is 0 Å². The number of hydrazine groups is 1. The van der Waals surface area contributed by atoms with Gasteiger partial charge in [0, 0.05) is 19.4 Å². The van der Waals surface area contributed by atoms with Crippen LogP contribution in [0.2, 0.25) is 18.1 Å². The van der Waals surface area contributed by atoms with Crippen LogP contribution in [-0.4, -0.2) is 26.5 Å². The van der Waals surface area contributed by atoms with Crippen LogP contribution in [0.15, 0.2) is 66.9 Å². The maximum Gasteiger partial charge on any atom is 0.192 e. The van der Waals surface area contributed by atoms with Gasteiger partial charge in [0.05, 0.1) is 6.04 Å². The lowest BCUT2D eigenvalue weighted by Crippen LogP contribution is -2.44. The quantitative estimate of drug-likeness (QED) is 0.659. The molecule has 0 saturated heterocycles. The molecule has 1 aliphatic heterocycles. The molecule has 1 N–H and O–H groups in total. The van der Waals surface area contributed by atoms with E-state index in [0.717, 1.165) is 13.2 Å². The second kappa shape index (κ2) is 8.01. The standard InChI is InChI=1S/C23H32N2OSi/c1-23(2,3)27(4,5)26-17-16-25-22(20-14-10-7-11-15-20)21(18-24-25)19-12-8-6-9-13-19/h6-15,18,22,24H,16-17H2,1-5H3. The van der Waals surface area contributed by atoms with Crippen molar-refractivity contribution in [2.45, 2.75) is 44.9 Å². The van der Waals surface area contributed by atoms with Crippen molar-refractivity contribution in [3.63, 3.8) is 0 Å². The van der Waals surface area contributed by atoms with E-state index >= 15 is 0 Å². The van der Waals surface area contributed by atoms with Crippen molar-refractivity contribution in [3.05, 3.63) is 78.0 Å². The van der Waals surface area contributed by atoms with Crippen molar-refractivity contribution in [1.29, 1.82) is 0 Å². The summed E-state index contributed by atoms with van der Waals surface area (Å²) in [7, 11) is -1.73. The van der Waals surface area contributed by atoms with Gasteiger partial charge in [-0.05, 0) is 34.8 Å². The van der Waals surface area contributed by atoms with E-state index in [1.807, 2.05) is 0 Å². The van der Waals surface area contributed by atoms with Gasteiger partial charge in [0.25, 0.3) is 0 Å². The molecule has 0 bridgehead atoms. The molecule has 0 fully saturated rings. The maximum absolute atomic E-state index is 6.42. The van der Waals surface area contributed by atoms with Crippen LogP contribution in [-0.2, 0) is 4.43 Å². The van der Waals surface area contributed by atoms with E-state index in [9.17, 15) is 0 Å². The fourth-order valence-corrected chi connectivity index (χ4v) is 4.18. The second-order valence-corrected chi connectivity index (χ2v) is 13.5. The van der Waals surface area contributed by atoms with Gasteiger partial charge in [-0.3, -0.25) is 0 Å². The summed E-state index contributed by atoms with van der Waals surface area (Å²) in [5.74, 6) is 0. The third-order valence-electron chi connectivity index (χ3n) is 5.82. The monoisotopic (exact) mass is 380 g/mol. The number of hydrogen-bond donors (Lipinski definition) is 1. The molecule has 0 spiro atoms. The van der Waals surface area contributed by atoms with Crippen LogP contribution < -0.4 is 5.43 Å². The molecule has 4 heteroatoms. The minimum Gasteiger partial charge on any atom is -0.415 e. The smallest absolute Gasteiger partial charge is 0.192 e. The van der Waals surface area contributed by atoms with E-state index in [1.165, 1.54) is 16.7 Å². The van der Waals surface area contributed by atoms with Gasteiger partial charge in [0.15, 0.2) is 8.32 Å². The number of nitrogens with one attached hydrogen (secondary N) is 1. The zero-order valence-electron chi connectivity index (χ0n) is 17.2. The van der Waals surface area contributed by atoms with E-state index in [4.69, 9.17) is 4.43 Å². The Bertz CT molecular complexity index is 766. The third kappa shape index (κ3) is 4.51. The molecule has 3 nitrogen and oxygen atoms in total. The lowest BCUT2D eigenvalue weighted by molar-refractivity contribution is 0.155. The van der Waals surface area contributed by atoms with Gasteiger partial charge >= 0.3 is 0 Å². The van der Waals surface area contributed by atoms with Gasteiger partial charge < -0.3 is 9.85 Å². The van der Waals surface area contributed by atoms with Crippen LogP contribution in [0.5, 0.6) is 0 Å². The van der Waals surface area contributed by atoms with E-state index in [1.54, 1.807) is 0 Å². The first-order valence-electron chi connectivity index (χ1n) is 9.77. The van der Waals surface area contributed by atoms with E-state index in [0.29, 0.717) is 0 Å². The normalized spacial score (nSPS) is 18.3. The second-order valence-electron chi connectivity index (χ2n) is 8.71. The number of nitrogens with zero attached hydrogens (tertiary/aromatic N) is 1. The molecule has 0 saturated carbocycles. The summed E-state index contributed by atoms with van der Waals surface area (Å²) < 4.78 is 6.42. The van der Waals surface area contributed by atoms with Crippen molar-refractivity contribution in [2.75, 3.05) is 13.2 Å². The minimum absolute atomic E-state index is 0.191. The Morgan fingerprint density at radius 3 is 2.15 bits per heavy atom. The molecule has 1 heterocycles. The Labute approximate surface area is 165 Å². The molecule has 0 amide bonds. The Morgan fingerprint density at radius 2 is 1.56 bits per heavy atom. The fraction of sp³-hybridized carbons (Fsp3) is 0.391. The molecule has 0 aliphatic carbocycles. The topological polar surface area (TPSA) is 24.5 Å². The molecule has 144 valence electrons. The van der Waals surface area contributed by atoms with Gasteiger partial charge in [-0.2, -0.15) is 0 Å². The molecular formula is C23H32N2OSi. The SMILES string of the molecule is CC(C)(C)[Si](C)(C)OCCN1NC=C(c2ccccc2)C1c1ccccc1. The molecule has 1 unspecified atom stereocenters. The maximum atomic E-state index is 6.42. The largest absolute Gasteiger partial charge is 0.415 e. The molecule has 0 radical (unpaired) electrons. The Morgan fingerprint density at radius 1 is 0.963 bits per heavy atom. The molecular weight excluding hydrogens is 348 g/mol. The van der Waals surface area contributed by atoms with Gasteiger partial charge in [0.1, 0.15) is 0 Å². The summed E-state index contributed by atoms with van der Waals surface area (Å²) in [5, 5.41) is 2.53. The predicted molar refractivity (Wildman–Crippen MR) is 117 cm³/mol. The molecule has 27 heavy (non-hydrogen) atoms. The molecule has 2 aromatic rings. The van der Waals surface area contributed by atoms with Crippen LogP contribution in [0, 0.1) is 0 Å². The van der Waals surface area contributed by atoms with Gasteiger partial charge in [-0.1, -0.05) is 81.4 Å². The van der Waals surface area contributed by atoms with Gasteiger partial charge in [-0.15, -0.1) is 0 Å². The van der Waals surface area contributed by atoms with Gasteiger partial charge in [-0.25, -0.2) is 5.01 Å². The molecule has 3 rings (SSSR count). The Kier molecular flexibility index (Phi) is 5.89. The highest BCUT2D eigenvalue weighted by Gasteiger charge is 2.37. The summed E-state index contributed by atoms with van der Waals surface area (Å²) >= 11 is 0. The van der Waals surface area contributed by atoms with Crippen molar-refractivity contribution in [1.82, 2.24) is 10.4 Å². The number of benzene rings is 2. The fourth-order valence-electron chi connectivity index (χ4n) is 3.15. The molecule has 1 aliphatic rings. The summed E-state index contributed by atoms with van der Waals surface area (Å²) in [6.07, 6.45) is 2.14. The van der Waals surface area contributed by atoms with E-state index in [2.05, 4.69) is 111 Å². The summed E-state index contributed by atoms with van der Waals surface area (Å²) in [6.45, 7) is 13.1. The lowest BCUT2D eigenvalue weighted by Gasteiger charge is -2.37. The predicted octanol–water partition coefficient (Wildman–Crippen LogP) is 5.61. The number of hydrogen-bond acceptors (Lipinski definition) is 3. The Hall–Kier alpha value is -1.88. The lowest BCUT2D eigenvalue weighted by atomic mass is 9.94. The molecule has 0 aromatic heterocycles. The van der Waals surface area contributed by atoms with E-state index < -0.39 is 8.32 Å². The summed E-state index contributed by atoms with van der Waals surface area (Å²) in [5.41, 5.74) is 7.34. The minimum atomic E-state index is -1.73. The average molecular weight is 381 g/mol. The van der Waals surface area contributed by atoms with E-state index in [-0.39, 0.29) is 11.1 Å². The zero-order chi connectivity index (χ0) is 19.5. The van der Waals surface area contributed by atoms with Crippen molar-refractivity contribution < 1.29 is 4.43 Å². The first-order chi connectivity index (χ1) is 12.8. The number of rotatable bonds is 6. The van der Waals surface area contributed by atoms with Crippen LogP contribution in [0.3, 0.4) is 0 Å². The van der Waals surface area contributed by atoms with Crippen LogP contribution >= 0.6 is 0 Å². The summed E-state index contributed by atoms with van der Waals surface area (Å²) in [4.78, 5) is 0. The van der Waals surface area contributed by atoms with Crippen molar-refractivity contribution in [2.24, 2.45) is 0 Å². The average Bonchev–Trinajstić information content (AvgIpc) is 3.06. The van der Waals surface area contributed by atoms with Gasteiger partial charge in [0.2, 0.25) is 0 Å². The zero-order valence-corrected chi connectivity index (χ0v) is 18.2. The molecule has 2 aromatic carbocycles. The first-order valence-corrected chi connectivity index (χ1v) is 12.7. The highest BCUT2D eigenvalue weighted by molar-refractivity contribution is 6.74. The first kappa shape index (κ1) is 19.9. The highest BCUT2D eigenvalue weighted by atomic mass is 28.4. The molecule has 1 atom stereocenters. The highest BCUT2D eigenvalue weighted by Crippen LogP contribution is 2.38. The van der Waals surface area contributed by atoms with Crippen LogP contribution in [0.4, 0.5) is 0 Å². The third-order valence-corrected chi connectivity index (χ3v) is 10.4. The van der Waals surface area contributed by atoms with Crippen LogP contribution in [0.1, 0.15) is 37.9 Å². The van der Waals surface area contributed by atoms with Crippen molar-refractivity contribution >= 4 is 13.9 Å². The Balaban J connectivity index is 1.76.